The van der Waals surface area contributed by atoms with E-state index in [4.69, 9.17) is 5.73 Å². The van der Waals surface area contributed by atoms with Gasteiger partial charge in [-0.25, -0.2) is 0 Å². The first-order valence-electron chi connectivity index (χ1n) is 13.3. The average Bonchev–Trinajstić information content (AvgIpc) is 2.99. The van der Waals surface area contributed by atoms with Crippen LogP contribution in [0.15, 0.2) is 140 Å². The second kappa shape index (κ2) is 9.34. The van der Waals surface area contributed by atoms with Gasteiger partial charge in [-0.15, -0.1) is 0 Å². The van der Waals surface area contributed by atoms with Crippen LogP contribution in [0, 0.1) is 0 Å². The van der Waals surface area contributed by atoms with E-state index in [1.54, 1.807) is 0 Å². The Kier molecular flexibility index (Phi) is 5.53. The van der Waals surface area contributed by atoms with Crippen LogP contribution in [-0.2, 0) is 0 Å². The number of nitrogen functional groups attached to an aromatic ring is 1. The van der Waals surface area contributed by atoms with Crippen LogP contribution in [0.25, 0.3) is 54.6 Å². The third-order valence-electron chi connectivity index (χ3n) is 7.81. The minimum absolute atomic E-state index is 0.765. The van der Waals surface area contributed by atoms with Crippen LogP contribution in [0.2, 0.25) is 0 Å². The molecule has 0 atom stereocenters. The molecular formula is C37H28N2. The first-order valence-corrected chi connectivity index (χ1v) is 13.3. The van der Waals surface area contributed by atoms with Crippen molar-refractivity contribution in [1.82, 2.24) is 0 Å². The summed E-state index contributed by atoms with van der Waals surface area (Å²) < 4.78 is 0. The quantitative estimate of drug-likeness (QED) is 0.192. The van der Waals surface area contributed by atoms with Gasteiger partial charge in [-0.3, -0.25) is 0 Å². The monoisotopic (exact) mass is 500 g/mol. The van der Waals surface area contributed by atoms with E-state index >= 15 is 0 Å². The maximum atomic E-state index is 6.33. The van der Waals surface area contributed by atoms with Gasteiger partial charge in [0.25, 0.3) is 0 Å². The maximum absolute atomic E-state index is 6.33. The molecule has 7 aromatic rings. The zero-order chi connectivity index (χ0) is 26.3. The zero-order valence-electron chi connectivity index (χ0n) is 21.8. The summed E-state index contributed by atoms with van der Waals surface area (Å²) >= 11 is 0. The van der Waals surface area contributed by atoms with Gasteiger partial charge in [-0.1, -0.05) is 115 Å². The summed E-state index contributed by atoms with van der Waals surface area (Å²) in [6.07, 6.45) is 0. The van der Waals surface area contributed by atoms with Crippen molar-refractivity contribution in [2.75, 3.05) is 17.7 Å². The summed E-state index contributed by atoms with van der Waals surface area (Å²) in [5.74, 6) is 0. The Bertz CT molecular complexity index is 1940. The smallest absolute Gasteiger partial charge is 0.0641 e. The molecule has 0 saturated carbocycles. The van der Waals surface area contributed by atoms with E-state index in [1.165, 1.54) is 54.6 Å². The molecular weight excluding hydrogens is 472 g/mol. The number of nitrogens with two attached hydrogens (primary N) is 1. The summed E-state index contributed by atoms with van der Waals surface area (Å²) in [5, 5.41) is 7.54. The van der Waals surface area contributed by atoms with Gasteiger partial charge >= 0.3 is 0 Å². The molecule has 0 unspecified atom stereocenters. The molecule has 0 saturated heterocycles. The van der Waals surface area contributed by atoms with Gasteiger partial charge in [0.2, 0.25) is 0 Å². The molecule has 0 bridgehead atoms. The highest BCUT2D eigenvalue weighted by molar-refractivity contribution is 6.23. The fraction of sp³-hybridized carbons (Fsp3) is 0.0270. The van der Waals surface area contributed by atoms with Gasteiger partial charge in [-0.05, 0) is 78.8 Å². The van der Waals surface area contributed by atoms with Crippen molar-refractivity contribution in [3.63, 3.8) is 0 Å². The number of benzene rings is 7. The minimum Gasteiger partial charge on any atom is -0.397 e. The van der Waals surface area contributed by atoms with E-state index < -0.39 is 0 Å². The highest BCUT2D eigenvalue weighted by atomic mass is 15.1. The van der Waals surface area contributed by atoms with E-state index in [0.717, 1.165) is 17.1 Å². The number of para-hydroxylation sites is 2. The summed E-state index contributed by atoms with van der Waals surface area (Å²) in [4.78, 5) is 2.16. The predicted molar refractivity (Wildman–Crippen MR) is 169 cm³/mol. The summed E-state index contributed by atoms with van der Waals surface area (Å²) in [7, 11) is 2.07. The lowest BCUT2D eigenvalue weighted by atomic mass is 9.84. The van der Waals surface area contributed by atoms with E-state index in [0.29, 0.717) is 0 Å². The third-order valence-corrected chi connectivity index (χ3v) is 7.81. The molecule has 2 N–H and O–H groups in total. The Hall–Kier alpha value is -5.08. The number of rotatable bonds is 4. The molecule has 0 radical (unpaired) electrons. The van der Waals surface area contributed by atoms with Crippen molar-refractivity contribution in [3.05, 3.63) is 140 Å². The van der Waals surface area contributed by atoms with Crippen LogP contribution < -0.4 is 10.6 Å². The van der Waals surface area contributed by atoms with Crippen LogP contribution in [0.4, 0.5) is 17.1 Å². The Morgan fingerprint density at radius 1 is 0.487 bits per heavy atom. The fourth-order valence-electron chi connectivity index (χ4n) is 5.98. The lowest BCUT2D eigenvalue weighted by Gasteiger charge is -2.23. The first kappa shape index (κ1) is 23.1. The molecule has 0 aliphatic carbocycles. The van der Waals surface area contributed by atoms with Crippen LogP contribution in [0.3, 0.4) is 0 Å². The molecule has 0 aromatic heterocycles. The second-order valence-corrected chi connectivity index (χ2v) is 10.0. The average molecular weight is 501 g/mol. The van der Waals surface area contributed by atoms with Gasteiger partial charge in [0, 0.05) is 12.7 Å². The summed E-state index contributed by atoms with van der Waals surface area (Å²) in [6, 6.07) is 49.7. The number of hydrogen-bond donors (Lipinski definition) is 1. The molecule has 7 rings (SSSR count). The minimum atomic E-state index is 0.765. The van der Waals surface area contributed by atoms with Gasteiger partial charge in [0.15, 0.2) is 0 Å². The zero-order valence-corrected chi connectivity index (χ0v) is 21.8. The largest absolute Gasteiger partial charge is 0.397 e. The first-order chi connectivity index (χ1) is 19.2. The van der Waals surface area contributed by atoms with E-state index in [-0.39, 0.29) is 0 Å². The van der Waals surface area contributed by atoms with Crippen LogP contribution in [0.5, 0.6) is 0 Å². The molecule has 0 heterocycles. The number of hydrogen-bond acceptors (Lipinski definition) is 2. The predicted octanol–water partition coefficient (Wildman–Crippen LogP) is 9.83. The summed E-state index contributed by atoms with van der Waals surface area (Å²) in [5.41, 5.74) is 14.2. The number of fused-ring (bicyclic) bond motifs is 3. The molecule has 0 fully saturated rings. The molecule has 0 spiro atoms. The Balaban J connectivity index is 1.52. The fourth-order valence-corrected chi connectivity index (χ4v) is 5.98. The third kappa shape index (κ3) is 3.81. The normalized spacial score (nSPS) is 11.3. The highest BCUT2D eigenvalue weighted by Gasteiger charge is 2.18. The van der Waals surface area contributed by atoms with E-state index in [2.05, 4.69) is 133 Å². The molecule has 39 heavy (non-hydrogen) atoms. The Morgan fingerprint density at radius 2 is 1.03 bits per heavy atom. The SMILES string of the molecule is CN(c1cccc(-c2c3ccccc3c(-c3cccc4ccccc34)c3ccccc23)c1)c1ccccc1N. The van der Waals surface area contributed by atoms with Crippen molar-refractivity contribution >= 4 is 49.4 Å². The van der Waals surface area contributed by atoms with Crippen molar-refractivity contribution < 1.29 is 0 Å². The molecule has 2 nitrogen and oxygen atoms in total. The molecule has 7 aromatic carbocycles. The number of nitrogens with zero attached hydrogens (tertiary/aromatic N) is 1. The maximum Gasteiger partial charge on any atom is 0.0641 e. The Morgan fingerprint density at radius 3 is 1.72 bits per heavy atom. The van der Waals surface area contributed by atoms with Crippen molar-refractivity contribution in [1.29, 1.82) is 0 Å². The molecule has 2 heteroatoms. The van der Waals surface area contributed by atoms with Gasteiger partial charge in [-0.2, -0.15) is 0 Å². The van der Waals surface area contributed by atoms with Gasteiger partial charge < -0.3 is 10.6 Å². The standard InChI is InChI=1S/C37H28N2/c1-39(35-23-9-8-22-34(35)38)27-15-10-14-26(24-27)36-30-17-4-6-19-32(30)37(33-20-7-5-18-31(33)36)29-21-11-13-25-12-2-3-16-28(25)29/h2-24H,38H2,1H3. The molecule has 186 valence electrons. The van der Waals surface area contributed by atoms with Gasteiger partial charge in [0.1, 0.15) is 0 Å². The molecule has 0 aliphatic heterocycles. The van der Waals surface area contributed by atoms with Crippen LogP contribution >= 0.6 is 0 Å². The summed E-state index contributed by atoms with van der Waals surface area (Å²) in [6.45, 7) is 0. The Labute approximate surface area is 228 Å². The lowest BCUT2D eigenvalue weighted by Crippen LogP contribution is -2.11. The van der Waals surface area contributed by atoms with E-state index in [9.17, 15) is 0 Å². The van der Waals surface area contributed by atoms with Gasteiger partial charge in [0.05, 0.1) is 11.4 Å². The lowest BCUT2D eigenvalue weighted by molar-refractivity contribution is 1.21. The van der Waals surface area contributed by atoms with Crippen molar-refractivity contribution in [2.45, 2.75) is 0 Å². The molecule has 0 aliphatic rings. The second-order valence-electron chi connectivity index (χ2n) is 10.0. The highest BCUT2D eigenvalue weighted by Crippen LogP contribution is 2.45. The van der Waals surface area contributed by atoms with Crippen LogP contribution in [-0.4, -0.2) is 7.05 Å². The van der Waals surface area contributed by atoms with Crippen LogP contribution in [0.1, 0.15) is 0 Å². The molecule has 0 amide bonds. The van der Waals surface area contributed by atoms with Crippen molar-refractivity contribution in [3.8, 4) is 22.3 Å². The number of anilines is 3. The van der Waals surface area contributed by atoms with Crippen molar-refractivity contribution in [2.24, 2.45) is 0 Å². The topological polar surface area (TPSA) is 29.3 Å². The van der Waals surface area contributed by atoms with E-state index in [1.807, 2.05) is 18.2 Å².